The molecule has 0 amide bonds. The fraction of sp³-hybridized carbons (Fsp3) is 0.0476. The molecule has 11 aromatic rings. The Bertz CT molecular complexity index is 3640. The number of para-hydroxylation sites is 2. The zero-order valence-corrected chi connectivity index (χ0v) is 35.6. The monoisotopic (exact) mass is 826 g/mol. The van der Waals surface area contributed by atoms with Gasteiger partial charge in [0.2, 0.25) is 0 Å². The van der Waals surface area contributed by atoms with Gasteiger partial charge in [-0.3, -0.25) is 0 Å². The Labute approximate surface area is 378 Å². The number of benzene rings is 10. The van der Waals surface area contributed by atoms with Crippen molar-refractivity contribution in [2.45, 2.75) is 11.3 Å². The van der Waals surface area contributed by atoms with E-state index in [2.05, 4.69) is 252 Å². The van der Waals surface area contributed by atoms with Crippen LogP contribution in [0.15, 0.2) is 243 Å². The number of nitrogens with zero attached hydrogens (tertiary/aromatic N) is 2. The summed E-state index contributed by atoms with van der Waals surface area (Å²) in [5.74, 6) is 0.455. The van der Waals surface area contributed by atoms with Crippen LogP contribution in [-0.4, -0.2) is 4.57 Å². The lowest BCUT2D eigenvalue weighted by molar-refractivity contribution is 0.465. The van der Waals surface area contributed by atoms with Gasteiger partial charge in [0.1, 0.15) is 0 Å². The van der Waals surface area contributed by atoms with Crippen LogP contribution >= 0.6 is 0 Å². The molecule has 1 spiro atoms. The molecule has 1 aromatic heterocycles. The van der Waals surface area contributed by atoms with Crippen molar-refractivity contribution < 1.29 is 0 Å². The number of rotatable bonds is 5. The number of hydrogen-bond donors (Lipinski definition) is 0. The van der Waals surface area contributed by atoms with E-state index in [1.165, 1.54) is 93.5 Å². The maximum Gasteiger partial charge on any atom is 0.0618 e. The Morgan fingerprint density at radius 1 is 0.400 bits per heavy atom. The highest BCUT2D eigenvalue weighted by Gasteiger charge is 2.57. The molecule has 304 valence electrons. The lowest BCUT2D eigenvalue weighted by Gasteiger charge is -2.36. The summed E-state index contributed by atoms with van der Waals surface area (Å²) in [5.41, 5.74) is 17.5. The second kappa shape index (κ2) is 13.9. The third-order valence-corrected chi connectivity index (χ3v) is 14.8. The minimum absolute atomic E-state index is 0.211. The normalized spacial score (nSPS) is 16.3. The summed E-state index contributed by atoms with van der Waals surface area (Å²) in [7, 11) is 0. The van der Waals surface area contributed by atoms with Crippen LogP contribution in [0.25, 0.3) is 71.3 Å². The van der Waals surface area contributed by atoms with Crippen molar-refractivity contribution in [3.8, 4) is 27.9 Å². The van der Waals surface area contributed by atoms with E-state index in [4.69, 9.17) is 0 Å². The lowest BCUT2D eigenvalue weighted by Crippen LogP contribution is -2.32. The summed E-state index contributed by atoms with van der Waals surface area (Å²) in [6, 6.07) is 81.4. The zero-order chi connectivity index (χ0) is 42.6. The van der Waals surface area contributed by atoms with Gasteiger partial charge in [-0.2, -0.15) is 0 Å². The van der Waals surface area contributed by atoms with Gasteiger partial charge >= 0.3 is 0 Å². The Kier molecular flexibility index (Phi) is 7.76. The van der Waals surface area contributed by atoms with E-state index >= 15 is 0 Å². The third-order valence-electron chi connectivity index (χ3n) is 14.8. The summed E-state index contributed by atoms with van der Waals surface area (Å²) >= 11 is 0. The van der Waals surface area contributed by atoms with E-state index < -0.39 is 0 Å². The van der Waals surface area contributed by atoms with E-state index in [1.807, 2.05) is 0 Å². The van der Waals surface area contributed by atoms with E-state index in [9.17, 15) is 0 Å². The average molecular weight is 827 g/mol. The SMILES string of the molecule is C1=CC2c3cc(N(c4ccc(-n5c6ccccc6c6ccccc65)cc4)c4c5ccccc5c(-c5ccccc5)c5ccccc45)ccc3C3(c4ccccc4-c4ccccc43)C2C=C1. The van der Waals surface area contributed by atoms with Gasteiger partial charge in [-0.05, 0) is 104 Å². The zero-order valence-electron chi connectivity index (χ0n) is 35.6. The molecule has 0 saturated heterocycles. The van der Waals surface area contributed by atoms with Crippen molar-refractivity contribution in [2.24, 2.45) is 5.92 Å². The Morgan fingerprint density at radius 2 is 0.908 bits per heavy atom. The van der Waals surface area contributed by atoms with Gasteiger partial charge in [0.15, 0.2) is 0 Å². The van der Waals surface area contributed by atoms with Crippen LogP contribution in [0.4, 0.5) is 17.1 Å². The van der Waals surface area contributed by atoms with Crippen molar-refractivity contribution in [1.82, 2.24) is 4.57 Å². The number of aromatic nitrogens is 1. The molecule has 0 bridgehead atoms. The molecular weight excluding hydrogens is 785 g/mol. The molecule has 0 saturated carbocycles. The van der Waals surface area contributed by atoms with Gasteiger partial charge in [0, 0.05) is 50.4 Å². The van der Waals surface area contributed by atoms with Crippen LogP contribution in [0.2, 0.25) is 0 Å². The second-order valence-electron chi connectivity index (χ2n) is 17.9. The van der Waals surface area contributed by atoms with Crippen molar-refractivity contribution in [3.63, 3.8) is 0 Å². The molecule has 0 radical (unpaired) electrons. The maximum absolute atomic E-state index is 2.55. The standard InChI is InChI=1S/C63H42N2/c1-2-18-41(19-3-1)61-50-25-4-6-27-52(50)62(53-28-7-5-26-51(53)61)64(42-34-36-43(37-35-42)65-59-32-16-11-23-48(59)49-24-12-17-33-60(49)65)44-38-39-58-54(40-44)47-22-10-15-31-57(47)63(58)55-29-13-8-20-45(55)46-21-9-14-30-56(46)63/h1-40,47,57H. The molecule has 2 unspecified atom stereocenters. The Morgan fingerprint density at radius 3 is 1.54 bits per heavy atom. The number of fused-ring (bicyclic) bond motifs is 15. The highest BCUT2D eigenvalue weighted by molar-refractivity contribution is 6.22. The molecule has 2 heteroatoms. The van der Waals surface area contributed by atoms with Gasteiger partial charge in [-0.15, -0.1) is 0 Å². The third kappa shape index (κ3) is 5.00. The smallest absolute Gasteiger partial charge is 0.0618 e. The van der Waals surface area contributed by atoms with Crippen LogP contribution in [0.3, 0.4) is 0 Å². The molecule has 10 aromatic carbocycles. The first-order valence-corrected chi connectivity index (χ1v) is 22.9. The van der Waals surface area contributed by atoms with Crippen LogP contribution in [0.5, 0.6) is 0 Å². The maximum atomic E-state index is 2.55. The molecule has 0 N–H and O–H groups in total. The first-order chi connectivity index (χ1) is 32.3. The summed E-state index contributed by atoms with van der Waals surface area (Å²) in [6.45, 7) is 0. The minimum Gasteiger partial charge on any atom is -0.309 e. The Balaban J connectivity index is 1.04. The Hall–Kier alpha value is -8.20. The highest BCUT2D eigenvalue weighted by atomic mass is 15.1. The largest absolute Gasteiger partial charge is 0.309 e. The molecule has 2 nitrogen and oxygen atoms in total. The second-order valence-corrected chi connectivity index (χ2v) is 17.9. The molecule has 65 heavy (non-hydrogen) atoms. The fourth-order valence-corrected chi connectivity index (χ4v) is 12.4. The molecule has 3 aliphatic carbocycles. The highest BCUT2D eigenvalue weighted by Crippen LogP contribution is 2.65. The van der Waals surface area contributed by atoms with E-state index in [1.54, 1.807) is 0 Å². The summed E-state index contributed by atoms with van der Waals surface area (Å²) in [4.78, 5) is 2.55. The van der Waals surface area contributed by atoms with Gasteiger partial charge < -0.3 is 9.47 Å². The van der Waals surface area contributed by atoms with Crippen LogP contribution in [0, 0.1) is 5.92 Å². The summed E-state index contributed by atoms with van der Waals surface area (Å²) in [5, 5.41) is 7.42. The predicted molar refractivity (Wildman–Crippen MR) is 272 cm³/mol. The van der Waals surface area contributed by atoms with E-state index in [0.29, 0.717) is 0 Å². The average Bonchev–Trinajstić information content (AvgIpc) is 3.99. The van der Waals surface area contributed by atoms with Crippen molar-refractivity contribution in [1.29, 1.82) is 0 Å². The topological polar surface area (TPSA) is 8.17 Å². The van der Waals surface area contributed by atoms with Gasteiger partial charge in [0.05, 0.1) is 22.1 Å². The van der Waals surface area contributed by atoms with Gasteiger partial charge in [-0.1, -0.05) is 194 Å². The number of hydrogen-bond acceptors (Lipinski definition) is 1. The molecule has 2 atom stereocenters. The van der Waals surface area contributed by atoms with Crippen molar-refractivity contribution >= 4 is 60.4 Å². The van der Waals surface area contributed by atoms with Gasteiger partial charge in [-0.25, -0.2) is 0 Å². The van der Waals surface area contributed by atoms with Crippen LogP contribution < -0.4 is 4.90 Å². The first-order valence-electron chi connectivity index (χ1n) is 22.9. The minimum atomic E-state index is -0.293. The van der Waals surface area contributed by atoms with Crippen molar-refractivity contribution in [2.75, 3.05) is 4.90 Å². The number of anilines is 3. The van der Waals surface area contributed by atoms with Crippen molar-refractivity contribution in [3.05, 3.63) is 265 Å². The van der Waals surface area contributed by atoms with Crippen LogP contribution in [-0.2, 0) is 5.41 Å². The van der Waals surface area contributed by atoms with E-state index in [0.717, 1.165) is 17.1 Å². The molecule has 0 aliphatic heterocycles. The summed E-state index contributed by atoms with van der Waals surface area (Å²) < 4.78 is 2.41. The molecule has 3 aliphatic rings. The quantitative estimate of drug-likeness (QED) is 0.157. The van der Waals surface area contributed by atoms with Crippen LogP contribution in [0.1, 0.15) is 28.2 Å². The summed E-state index contributed by atoms with van der Waals surface area (Å²) in [6.07, 6.45) is 9.47. The molecule has 0 fully saturated rings. The molecular formula is C63H42N2. The van der Waals surface area contributed by atoms with Gasteiger partial charge in [0.25, 0.3) is 0 Å². The lowest BCUT2D eigenvalue weighted by atomic mass is 9.65. The fourth-order valence-electron chi connectivity index (χ4n) is 12.4. The predicted octanol–water partition coefficient (Wildman–Crippen LogP) is 16.4. The first kappa shape index (κ1) is 36.3. The number of allylic oxidation sites excluding steroid dienone is 4. The molecule has 14 rings (SSSR count). The molecule has 1 heterocycles. The van der Waals surface area contributed by atoms with E-state index in [-0.39, 0.29) is 17.3 Å².